The number of halogens is 1. The van der Waals surface area contributed by atoms with E-state index in [0.717, 1.165) is 10.2 Å². The number of hydrogen-bond donors (Lipinski definition) is 2. The molecule has 5 nitrogen and oxygen atoms in total. The van der Waals surface area contributed by atoms with Gasteiger partial charge in [0, 0.05) is 11.4 Å². The van der Waals surface area contributed by atoms with E-state index in [1.165, 1.54) is 6.92 Å². The first-order valence-corrected chi connectivity index (χ1v) is 7.15. The molecule has 0 saturated carbocycles. The first-order valence-electron chi connectivity index (χ1n) is 6.35. The average Bonchev–Trinajstić information content (AvgIpc) is 2.35. The lowest BCUT2D eigenvalue weighted by atomic mass is 10.3. The van der Waals surface area contributed by atoms with Crippen LogP contribution in [0.2, 0.25) is 0 Å². The van der Waals surface area contributed by atoms with Gasteiger partial charge in [-0.1, -0.05) is 22.0 Å². The van der Waals surface area contributed by atoms with Crippen molar-refractivity contribution >= 4 is 27.7 Å². The van der Waals surface area contributed by atoms with Crippen molar-refractivity contribution in [3.63, 3.8) is 0 Å². The molecule has 0 fully saturated rings. The lowest BCUT2D eigenvalue weighted by Gasteiger charge is -2.18. The first kappa shape index (κ1) is 16.5. The molecule has 2 amide bonds. The van der Waals surface area contributed by atoms with Crippen molar-refractivity contribution < 1.29 is 14.3 Å². The van der Waals surface area contributed by atoms with Crippen LogP contribution in [0.1, 0.15) is 20.8 Å². The molecule has 2 unspecified atom stereocenters. The van der Waals surface area contributed by atoms with Crippen LogP contribution in [-0.4, -0.2) is 30.5 Å². The highest BCUT2D eigenvalue weighted by Gasteiger charge is 2.14. The summed E-state index contributed by atoms with van der Waals surface area (Å²) in [6.45, 7) is 5.25. The van der Waals surface area contributed by atoms with E-state index in [1.54, 1.807) is 6.92 Å². The SMILES string of the molecule is CC(=O)NC(C)C(=O)NCC(C)Oc1cccc(Br)c1. The molecule has 2 atom stereocenters. The Kier molecular flexibility index (Phi) is 6.51. The number of carbonyl (C=O) groups excluding carboxylic acids is 2. The van der Waals surface area contributed by atoms with Gasteiger partial charge in [-0.3, -0.25) is 9.59 Å². The summed E-state index contributed by atoms with van der Waals surface area (Å²) in [5.74, 6) is 0.270. The molecule has 0 saturated heterocycles. The van der Waals surface area contributed by atoms with Crippen molar-refractivity contribution in [2.45, 2.75) is 32.9 Å². The molecule has 1 rings (SSSR count). The molecule has 0 radical (unpaired) electrons. The van der Waals surface area contributed by atoms with Gasteiger partial charge >= 0.3 is 0 Å². The summed E-state index contributed by atoms with van der Waals surface area (Å²) in [6, 6.07) is 6.95. The number of carbonyl (C=O) groups is 2. The maximum Gasteiger partial charge on any atom is 0.242 e. The summed E-state index contributed by atoms with van der Waals surface area (Å²) < 4.78 is 6.61. The Morgan fingerprint density at radius 2 is 2.05 bits per heavy atom. The number of hydrogen-bond acceptors (Lipinski definition) is 3. The zero-order valence-corrected chi connectivity index (χ0v) is 13.4. The third kappa shape index (κ3) is 6.06. The van der Waals surface area contributed by atoms with Gasteiger partial charge in [0.1, 0.15) is 17.9 Å². The van der Waals surface area contributed by atoms with Crippen molar-refractivity contribution in [3.05, 3.63) is 28.7 Å². The number of rotatable bonds is 6. The second kappa shape index (κ2) is 7.89. The topological polar surface area (TPSA) is 67.4 Å². The van der Waals surface area contributed by atoms with Gasteiger partial charge in [0.15, 0.2) is 0 Å². The van der Waals surface area contributed by atoms with Crippen molar-refractivity contribution in [3.8, 4) is 5.75 Å². The summed E-state index contributed by atoms with van der Waals surface area (Å²) >= 11 is 3.37. The molecule has 0 aromatic heterocycles. The third-order valence-corrected chi connectivity index (χ3v) is 3.00. The molecule has 0 heterocycles. The minimum atomic E-state index is -0.550. The van der Waals surface area contributed by atoms with E-state index in [0.29, 0.717) is 6.54 Å². The summed E-state index contributed by atoms with van der Waals surface area (Å²) in [6.07, 6.45) is -0.169. The Balaban J connectivity index is 2.38. The quantitative estimate of drug-likeness (QED) is 0.829. The number of amides is 2. The number of benzene rings is 1. The Morgan fingerprint density at radius 3 is 2.65 bits per heavy atom. The highest BCUT2D eigenvalue weighted by molar-refractivity contribution is 9.10. The lowest BCUT2D eigenvalue weighted by molar-refractivity contribution is -0.127. The molecule has 0 aliphatic rings. The van der Waals surface area contributed by atoms with Crippen LogP contribution in [0.25, 0.3) is 0 Å². The standard InChI is InChI=1S/C14H19BrN2O3/c1-9(20-13-6-4-5-12(15)7-13)8-16-14(19)10(2)17-11(3)18/h4-7,9-10H,8H2,1-3H3,(H,16,19)(H,17,18). The van der Waals surface area contributed by atoms with Gasteiger partial charge in [0.05, 0.1) is 6.54 Å². The predicted molar refractivity (Wildman–Crippen MR) is 80.5 cm³/mol. The van der Waals surface area contributed by atoms with Crippen LogP contribution in [0.5, 0.6) is 5.75 Å². The minimum Gasteiger partial charge on any atom is -0.489 e. The van der Waals surface area contributed by atoms with E-state index >= 15 is 0 Å². The van der Waals surface area contributed by atoms with Crippen LogP contribution >= 0.6 is 15.9 Å². The third-order valence-electron chi connectivity index (χ3n) is 2.51. The molecule has 0 spiro atoms. The number of ether oxygens (including phenoxy) is 1. The van der Waals surface area contributed by atoms with Gasteiger partial charge in [-0.15, -0.1) is 0 Å². The molecular formula is C14H19BrN2O3. The largest absolute Gasteiger partial charge is 0.489 e. The summed E-state index contributed by atoms with van der Waals surface area (Å²) in [5.41, 5.74) is 0. The molecule has 0 bridgehead atoms. The molecular weight excluding hydrogens is 324 g/mol. The smallest absolute Gasteiger partial charge is 0.242 e. The second-order valence-electron chi connectivity index (χ2n) is 4.55. The van der Waals surface area contributed by atoms with Gasteiger partial charge in [-0.25, -0.2) is 0 Å². The van der Waals surface area contributed by atoms with Crippen molar-refractivity contribution in [2.75, 3.05) is 6.54 Å². The molecule has 2 N–H and O–H groups in total. The van der Waals surface area contributed by atoms with E-state index in [4.69, 9.17) is 4.74 Å². The summed E-state index contributed by atoms with van der Waals surface area (Å²) in [7, 11) is 0. The summed E-state index contributed by atoms with van der Waals surface area (Å²) in [5, 5.41) is 5.26. The minimum absolute atomic E-state index is 0.169. The lowest BCUT2D eigenvalue weighted by Crippen LogP contribution is -2.46. The van der Waals surface area contributed by atoms with E-state index in [9.17, 15) is 9.59 Å². The van der Waals surface area contributed by atoms with Gasteiger partial charge in [0.2, 0.25) is 11.8 Å². The fourth-order valence-corrected chi connectivity index (χ4v) is 1.96. The van der Waals surface area contributed by atoms with Crippen molar-refractivity contribution in [1.82, 2.24) is 10.6 Å². The molecule has 20 heavy (non-hydrogen) atoms. The zero-order valence-electron chi connectivity index (χ0n) is 11.8. The van der Waals surface area contributed by atoms with E-state index in [-0.39, 0.29) is 17.9 Å². The maximum absolute atomic E-state index is 11.7. The van der Waals surface area contributed by atoms with Gasteiger partial charge in [0.25, 0.3) is 0 Å². The summed E-state index contributed by atoms with van der Waals surface area (Å²) in [4.78, 5) is 22.6. The highest BCUT2D eigenvalue weighted by atomic mass is 79.9. The van der Waals surface area contributed by atoms with Crippen molar-refractivity contribution in [1.29, 1.82) is 0 Å². The number of nitrogens with one attached hydrogen (secondary N) is 2. The first-order chi connectivity index (χ1) is 9.38. The molecule has 1 aromatic carbocycles. The maximum atomic E-state index is 11.7. The fourth-order valence-electron chi connectivity index (χ4n) is 1.58. The average molecular weight is 343 g/mol. The Bertz CT molecular complexity index is 479. The second-order valence-corrected chi connectivity index (χ2v) is 5.47. The Morgan fingerprint density at radius 1 is 1.35 bits per heavy atom. The monoisotopic (exact) mass is 342 g/mol. The highest BCUT2D eigenvalue weighted by Crippen LogP contribution is 2.18. The van der Waals surface area contributed by atoms with Crippen LogP contribution < -0.4 is 15.4 Å². The predicted octanol–water partition coefficient (Wildman–Crippen LogP) is 1.86. The molecule has 110 valence electrons. The van der Waals surface area contributed by atoms with Gasteiger partial charge < -0.3 is 15.4 Å². The van der Waals surface area contributed by atoms with E-state index < -0.39 is 6.04 Å². The van der Waals surface area contributed by atoms with Gasteiger partial charge in [-0.2, -0.15) is 0 Å². The molecule has 6 heteroatoms. The Labute approximate surface area is 127 Å². The van der Waals surface area contributed by atoms with Gasteiger partial charge in [-0.05, 0) is 32.0 Å². The van der Waals surface area contributed by atoms with E-state index in [1.807, 2.05) is 31.2 Å². The van der Waals surface area contributed by atoms with Crippen LogP contribution in [-0.2, 0) is 9.59 Å². The van der Waals surface area contributed by atoms with Crippen LogP contribution in [0, 0.1) is 0 Å². The van der Waals surface area contributed by atoms with E-state index in [2.05, 4.69) is 26.6 Å². The normalized spacial score (nSPS) is 13.2. The molecule has 0 aliphatic carbocycles. The van der Waals surface area contributed by atoms with Crippen molar-refractivity contribution in [2.24, 2.45) is 0 Å². The van der Waals surface area contributed by atoms with Crippen LogP contribution in [0.4, 0.5) is 0 Å². The zero-order chi connectivity index (χ0) is 15.1. The van der Waals surface area contributed by atoms with Crippen LogP contribution in [0.15, 0.2) is 28.7 Å². The molecule has 0 aliphatic heterocycles. The fraction of sp³-hybridized carbons (Fsp3) is 0.429. The van der Waals surface area contributed by atoms with Crippen LogP contribution in [0.3, 0.4) is 0 Å². The molecule has 1 aromatic rings. The Hall–Kier alpha value is -1.56.